The van der Waals surface area contributed by atoms with E-state index < -0.39 is 23.4 Å². The predicted molar refractivity (Wildman–Crippen MR) is 85.4 cm³/mol. The molecule has 128 valence electrons. The first-order valence-corrected chi connectivity index (χ1v) is 7.18. The van der Waals surface area contributed by atoms with Gasteiger partial charge in [0.15, 0.2) is 0 Å². The van der Waals surface area contributed by atoms with Crippen LogP contribution in [-0.2, 0) is 4.74 Å². The summed E-state index contributed by atoms with van der Waals surface area (Å²) >= 11 is 0. The maximum atomic E-state index is 13.5. The summed E-state index contributed by atoms with van der Waals surface area (Å²) < 4.78 is 23.5. The Labute approximate surface area is 138 Å². The normalized spacial score (nSPS) is 11.0. The highest BCUT2D eigenvalue weighted by atomic mass is 19.1. The molecule has 7 nitrogen and oxygen atoms in total. The molecule has 2 aromatic rings. The molecule has 0 unspecified atom stereocenters. The van der Waals surface area contributed by atoms with Crippen molar-refractivity contribution in [2.45, 2.75) is 33.3 Å². The second-order valence-electron chi connectivity index (χ2n) is 6.10. The van der Waals surface area contributed by atoms with E-state index in [2.05, 4.69) is 15.8 Å². The van der Waals surface area contributed by atoms with Gasteiger partial charge in [-0.3, -0.25) is 10.1 Å². The first-order chi connectivity index (χ1) is 11.1. The number of anilines is 2. The Morgan fingerprint density at radius 1 is 1.17 bits per heavy atom. The number of nitrogens with one attached hydrogen (secondary N) is 2. The van der Waals surface area contributed by atoms with Crippen LogP contribution in [0, 0.1) is 12.7 Å². The number of carbonyl (C=O) groups excluding carboxylic acids is 2. The number of carbonyl (C=O) groups is 2. The summed E-state index contributed by atoms with van der Waals surface area (Å²) in [6.07, 6.45) is -0.722. The molecule has 2 amide bonds. The highest BCUT2D eigenvalue weighted by Crippen LogP contribution is 2.24. The van der Waals surface area contributed by atoms with Crippen molar-refractivity contribution < 1.29 is 23.2 Å². The molecule has 0 fully saturated rings. The molecule has 0 saturated carbocycles. The largest absolute Gasteiger partial charge is 0.444 e. The van der Waals surface area contributed by atoms with Crippen molar-refractivity contribution >= 4 is 23.4 Å². The van der Waals surface area contributed by atoms with Gasteiger partial charge in [0.05, 0.1) is 17.1 Å². The zero-order chi connectivity index (χ0) is 17.9. The van der Waals surface area contributed by atoms with Gasteiger partial charge in [0.2, 0.25) is 5.76 Å². The molecule has 0 aliphatic carbocycles. The minimum Gasteiger partial charge on any atom is -0.444 e. The van der Waals surface area contributed by atoms with E-state index in [1.54, 1.807) is 27.7 Å². The van der Waals surface area contributed by atoms with Crippen LogP contribution in [-0.4, -0.2) is 22.8 Å². The van der Waals surface area contributed by atoms with Crippen LogP contribution in [0.15, 0.2) is 28.8 Å². The number of hydrogen-bond donors (Lipinski definition) is 2. The average Bonchev–Trinajstić information content (AvgIpc) is 2.86. The van der Waals surface area contributed by atoms with Gasteiger partial charge in [-0.15, -0.1) is 0 Å². The Balaban J connectivity index is 2.18. The van der Waals surface area contributed by atoms with Crippen LogP contribution < -0.4 is 10.6 Å². The number of aryl methyl sites for hydroxylation is 1. The molecular formula is C16H18FN3O4. The number of rotatable bonds is 3. The Hall–Kier alpha value is -2.90. The monoisotopic (exact) mass is 335 g/mol. The fourth-order valence-corrected chi connectivity index (χ4v) is 1.80. The van der Waals surface area contributed by atoms with Crippen molar-refractivity contribution in [1.82, 2.24) is 5.16 Å². The maximum absolute atomic E-state index is 13.5. The minimum absolute atomic E-state index is 0.0278. The van der Waals surface area contributed by atoms with Gasteiger partial charge in [-0.1, -0.05) is 5.16 Å². The first kappa shape index (κ1) is 17.5. The molecule has 0 aliphatic rings. The Morgan fingerprint density at radius 3 is 2.46 bits per heavy atom. The first-order valence-electron chi connectivity index (χ1n) is 7.18. The van der Waals surface area contributed by atoms with Gasteiger partial charge in [0.1, 0.15) is 11.4 Å². The lowest BCUT2D eigenvalue weighted by atomic mass is 10.2. The lowest BCUT2D eigenvalue weighted by Crippen LogP contribution is -2.27. The van der Waals surface area contributed by atoms with Gasteiger partial charge in [-0.25, -0.2) is 9.18 Å². The molecule has 1 heterocycles. The van der Waals surface area contributed by atoms with Crippen molar-refractivity contribution in [3.8, 4) is 0 Å². The van der Waals surface area contributed by atoms with Crippen molar-refractivity contribution in [3.63, 3.8) is 0 Å². The molecule has 0 bridgehead atoms. The third-order valence-electron chi connectivity index (χ3n) is 2.72. The molecule has 2 N–H and O–H groups in total. The number of aromatic nitrogens is 1. The van der Waals surface area contributed by atoms with Crippen LogP contribution in [0.4, 0.5) is 20.6 Å². The molecule has 0 atom stereocenters. The molecule has 2 rings (SSSR count). The minimum atomic E-state index is -0.722. The lowest BCUT2D eigenvalue weighted by molar-refractivity contribution is 0.0635. The van der Waals surface area contributed by atoms with Crippen LogP contribution in [0.5, 0.6) is 0 Å². The van der Waals surface area contributed by atoms with Gasteiger partial charge in [-0.05, 0) is 45.9 Å². The van der Waals surface area contributed by atoms with E-state index in [1.807, 2.05) is 0 Å². The molecule has 0 aliphatic heterocycles. The van der Waals surface area contributed by atoms with Gasteiger partial charge < -0.3 is 14.6 Å². The van der Waals surface area contributed by atoms with Crippen molar-refractivity contribution in [2.75, 3.05) is 10.6 Å². The lowest BCUT2D eigenvalue weighted by Gasteiger charge is -2.20. The fraction of sp³-hybridized carbons (Fsp3) is 0.312. The summed E-state index contributed by atoms with van der Waals surface area (Å²) in [4.78, 5) is 24.0. The van der Waals surface area contributed by atoms with E-state index in [9.17, 15) is 14.0 Å². The van der Waals surface area contributed by atoms with Crippen LogP contribution in [0.25, 0.3) is 0 Å². The van der Waals surface area contributed by atoms with E-state index >= 15 is 0 Å². The smallest absolute Gasteiger partial charge is 0.412 e. The number of halogens is 1. The zero-order valence-electron chi connectivity index (χ0n) is 13.8. The fourth-order valence-electron chi connectivity index (χ4n) is 1.80. The number of amides is 2. The van der Waals surface area contributed by atoms with E-state index in [0.29, 0.717) is 5.69 Å². The van der Waals surface area contributed by atoms with Crippen LogP contribution in [0.3, 0.4) is 0 Å². The second-order valence-corrected chi connectivity index (χ2v) is 6.10. The number of nitrogens with zero attached hydrogens (tertiary/aromatic N) is 1. The standard InChI is InChI=1S/C16H18FN3O4/c1-9-7-13(24-20-9)14(21)18-12-8-10(17)5-6-11(12)19-15(22)23-16(2,3)4/h5-8H,1-4H3,(H,18,21)(H,19,22). The quantitative estimate of drug-likeness (QED) is 0.891. The van der Waals surface area contributed by atoms with Crippen LogP contribution >= 0.6 is 0 Å². The zero-order valence-corrected chi connectivity index (χ0v) is 13.8. The van der Waals surface area contributed by atoms with Crippen molar-refractivity contribution in [3.05, 3.63) is 41.5 Å². The van der Waals surface area contributed by atoms with E-state index in [0.717, 1.165) is 12.1 Å². The van der Waals surface area contributed by atoms with Gasteiger partial charge in [-0.2, -0.15) is 0 Å². The van der Waals surface area contributed by atoms with Gasteiger partial charge in [0.25, 0.3) is 5.91 Å². The van der Waals surface area contributed by atoms with E-state index in [4.69, 9.17) is 9.26 Å². The summed E-state index contributed by atoms with van der Waals surface area (Å²) in [5.74, 6) is -1.22. The summed E-state index contributed by atoms with van der Waals surface area (Å²) in [5.41, 5.74) is 0.104. The molecule has 0 radical (unpaired) electrons. The molecule has 24 heavy (non-hydrogen) atoms. The summed E-state index contributed by atoms with van der Waals surface area (Å²) in [5, 5.41) is 8.54. The molecule has 1 aromatic heterocycles. The van der Waals surface area contributed by atoms with Crippen LogP contribution in [0.1, 0.15) is 37.0 Å². The molecular weight excluding hydrogens is 317 g/mol. The summed E-state index contributed by atoms with van der Waals surface area (Å²) in [7, 11) is 0. The summed E-state index contributed by atoms with van der Waals surface area (Å²) in [6.45, 7) is 6.81. The molecule has 0 spiro atoms. The van der Waals surface area contributed by atoms with E-state index in [1.165, 1.54) is 12.1 Å². The van der Waals surface area contributed by atoms with Gasteiger partial charge >= 0.3 is 6.09 Å². The van der Waals surface area contributed by atoms with Gasteiger partial charge in [0, 0.05) is 6.07 Å². The molecule has 0 saturated heterocycles. The maximum Gasteiger partial charge on any atom is 0.412 e. The third kappa shape index (κ3) is 4.80. The van der Waals surface area contributed by atoms with Crippen LogP contribution in [0.2, 0.25) is 0 Å². The third-order valence-corrected chi connectivity index (χ3v) is 2.72. The van der Waals surface area contributed by atoms with Crippen molar-refractivity contribution in [2.24, 2.45) is 0 Å². The average molecular weight is 335 g/mol. The Kier molecular flexibility index (Phi) is 4.87. The highest BCUT2D eigenvalue weighted by molar-refractivity contribution is 6.05. The predicted octanol–water partition coefficient (Wildman–Crippen LogP) is 3.72. The molecule has 1 aromatic carbocycles. The highest BCUT2D eigenvalue weighted by Gasteiger charge is 2.19. The topological polar surface area (TPSA) is 93.5 Å². The Bertz CT molecular complexity index is 765. The molecule has 8 heteroatoms. The number of hydrogen-bond acceptors (Lipinski definition) is 5. The van der Waals surface area contributed by atoms with Crippen molar-refractivity contribution in [1.29, 1.82) is 0 Å². The summed E-state index contributed by atoms with van der Waals surface area (Å²) in [6, 6.07) is 4.99. The number of ether oxygens (including phenoxy) is 1. The second kappa shape index (κ2) is 6.69. The SMILES string of the molecule is Cc1cc(C(=O)Nc2cc(F)ccc2NC(=O)OC(C)(C)C)on1. The van der Waals surface area contributed by atoms with E-state index in [-0.39, 0.29) is 17.1 Å². The number of benzene rings is 1. The Morgan fingerprint density at radius 2 is 1.88 bits per heavy atom.